The van der Waals surface area contributed by atoms with E-state index in [4.69, 9.17) is 5.73 Å². The number of thioether (sulfide) groups is 1. The quantitative estimate of drug-likeness (QED) is 0.845. The fourth-order valence-electron chi connectivity index (χ4n) is 1.58. The molecular weight excluding hydrogens is 251 g/mol. The molecule has 0 aliphatic rings. The van der Waals surface area contributed by atoms with Gasteiger partial charge in [0.1, 0.15) is 16.4 Å². The first kappa shape index (κ1) is 12.1. The maximum Gasteiger partial charge on any atom is 0.431 e. The first-order chi connectivity index (χ1) is 7.95. The van der Waals surface area contributed by atoms with Crippen molar-refractivity contribution in [2.24, 2.45) is 0 Å². The summed E-state index contributed by atoms with van der Waals surface area (Å²) in [6.45, 7) is 1.85. The molecule has 2 aromatic heterocycles. The molecule has 2 rings (SSSR count). The minimum atomic E-state index is -4.42. The Hall–Kier alpha value is -1.37. The Balaban J connectivity index is 2.77. The number of hydrogen-bond donors (Lipinski definition) is 1. The second kappa shape index (κ2) is 4.14. The van der Waals surface area contributed by atoms with Crippen molar-refractivity contribution in [3.63, 3.8) is 0 Å². The van der Waals surface area contributed by atoms with E-state index in [0.717, 1.165) is 10.5 Å². The molecule has 0 aliphatic heterocycles. The first-order valence-corrected chi connectivity index (χ1v) is 5.90. The van der Waals surface area contributed by atoms with Crippen LogP contribution in [0.2, 0.25) is 0 Å². The number of anilines is 1. The van der Waals surface area contributed by atoms with Crippen molar-refractivity contribution in [3.8, 4) is 0 Å². The second-order valence-corrected chi connectivity index (χ2v) is 4.59. The van der Waals surface area contributed by atoms with E-state index in [1.54, 1.807) is 0 Å². The van der Waals surface area contributed by atoms with E-state index in [1.807, 2.05) is 6.92 Å². The van der Waals surface area contributed by atoms with Crippen LogP contribution in [-0.2, 0) is 6.18 Å². The summed E-state index contributed by atoms with van der Waals surface area (Å²) in [6.07, 6.45) is -4.42. The predicted molar refractivity (Wildman–Crippen MR) is 61.0 cm³/mol. The second-order valence-electron chi connectivity index (χ2n) is 3.34. The summed E-state index contributed by atoms with van der Waals surface area (Å²) < 4.78 is 39.6. The molecule has 3 nitrogen and oxygen atoms in total. The third-order valence-electron chi connectivity index (χ3n) is 2.20. The zero-order chi connectivity index (χ0) is 12.6. The third-order valence-corrected chi connectivity index (χ3v) is 3.15. The average Bonchev–Trinajstić information content (AvgIpc) is 2.54. The molecule has 0 aliphatic carbocycles. The van der Waals surface area contributed by atoms with E-state index < -0.39 is 11.9 Å². The Morgan fingerprint density at radius 1 is 1.41 bits per heavy atom. The molecule has 0 unspecified atom stereocenters. The van der Waals surface area contributed by atoms with Crippen molar-refractivity contribution in [2.45, 2.75) is 18.1 Å². The van der Waals surface area contributed by atoms with Crippen LogP contribution in [0.3, 0.4) is 0 Å². The van der Waals surface area contributed by atoms with Gasteiger partial charge in [-0.1, -0.05) is 13.0 Å². The van der Waals surface area contributed by atoms with Crippen molar-refractivity contribution in [3.05, 3.63) is 23.9 Å². The first-order valence-electron chi connectivity index (χ1n) is 4.92. The summed E-state index contributed by atoms with van der Waals surface area (Å²) in [5.74, 6) is 0.762. The lowest BCUT2D eigenvalue weighted by Crippen LogP contribution is -2.11. The van der Waals surface area contributed by atoms with Crippen LogP contribution < -0.4 is 5.73 Å². The van der Waals surface area contributed by atoms with Gasteiger partial charge in [-0.05, 0) is 17.9 Å². The monoisotopic (exact) mass is 261 g/mol. The van der Waals surface area contributed by atoms with Gasteiger partial charge in [-0.25, -0.2) is 4.98 Å². The van der Waals surface area contributed by atoms with Crippen molar-refractivity contribution in [2.75, 3.05) is 11.5 Å². The lowest BCUT2D eigenvalue weighted by molar-refractivity contribution is -0.142. The van der Waals surface area contributed by atoms with Crippen molar-refractivity contribution >= 4 is 23.2 Å². The van der Waals surface area contributed by atoms with Crippen molar-refractivity contribution in [1.82, 2.24) is 9.38 Å². The van der Waals surface area contributed by atoms with Gasteiger partial charge in [-0.15, -0.1) is 11.8 Å². The predicted octanol–water partition coefficient (Wildman–Crippen LogP) is 3.05. The summed E-state index contributed by atoms with van der Waals surface area (Å²) in [5, 5.41) is 0.343. The smallest absolute Gasteiger partial charge is 0.381 e. The molecular formula is C10H10F3N3S. The van der Waals surface area contributed by atoms with Gasteiger partial charge in [0.05, 0.1) is 0 Å². The molecule has 0 bridgehead atoms. The van der Waals surface area contributed by atoms with Crippen LogP contribution in [-0.4, -0.2) is 15.1 Å². The highest BCUT2D eigenvalue weighted by atomic mass is 32.2. The molecule has 0 atom stereocenters. The van der Waals surface area contributed by atoms with Crippen LogP contribution in [0.15, 0.2) is 23.2 Å². The molecule has 2 aromatic rings. The summed E-state index contributed by atoms with van der Waals surface area (Å²) in [4.78, 5) is 3.93. The maximum atomic E-state index is 12.8. The number of imidazole rings is 1. The summed E-state index contributed by atoms with van der Waals surface area (Å²) >= 11 is 1.24. The highest BCUT2D eigenvalue weighted by Gasteiger charge is 2.34. The van der Waals surface area contributed by atoms with Gasteiger partial charge in [0.2, 0.25) is 0 Å². The normalized spacial score (nSPS) is 12.2. The van der Waals surface area contributed by atoms with Gasteiger partial charge in [0.15, 0.2) is 5.82 Å². The Bertz CT molecular complexity index is 547. The number of rotatable bonds is 2. The van der Waals surface area contributed by atoms with Crippen LogP contribution in [0.4, 0.5) is 19.0 Å². The van der Waals surface area contributed by atoms with E-state index in [0.29, 0.717) is 10.8 Å². The molecule has 7 heteroatoms. The summed E-state index contributed by atoms with van der Waals surface area (Å²) in [6, 6.07) is 3.85. The van der Waals surface area contributed by atoms with Gasteiger partial charge in [0.25, 0.3) is 0 Å². The number of nitrogens with zero attached hydrogens (tertiary/aromatic N) is 2. The minimum Gasteiger partial charge on any atom is -0.381 e. The SMILES string of the molecule is CCSc1c(N)nc2cccc(C(F)(F)F)n12. The van der Waals surface area contributed by atoms with Crippen molar-refractivity contribution < 1.29 is 13.2 Å². The van der Waals surface area contributed by atoms with Crippen LogP contribution in [0.5, 0.6) is 0 Å². The zero-order valence-electron chi connectivity index (χ0n) is 8.95. The van der Waals surface area contributed by atoms with E-state index in [9.17, 15) is 13.2 Å². The number of aromatic nitrogens is 2. The number of nitrogens with two attached hydrogens (primary N) is 1. The van der Waals surface area contributed by atoms with Gasteiger partial charge in [-0.2, -0.15) is 13.2 Å². The summed E-state index contributed by atoms with van der Waals surface area (Å²) in [5.41, 5.74) is 5.09. The molecule has 2 heterocycles. The van der Waals surface area contributed by atoms with Crippen LogP contribution in [0.25, 0.3) is 5.65 Å². The Morgan fingerprint density at radius 3 is 2.71 bits per heavy atom. The number of hydrogen-bond acceptors (Lipinski definition) is 3. The minimum absolute atomic E-state index is 0.133. The number of halogens is 3. The van der Waals surface area contributed by atoms with Crippen LogP contribution in [0.1, 0.15) is 12.6 Å². The van der Waals surface area contributed by atoms with Gasteiger partial charge < -0.3 is 5.73 Å². The lowest BCUT2D eigenvalue weighted by atomic mass is 10.3. The van der Waals surface area contributed by atoms with Crippen molar-refractivity contribution in [1.29, 1.82) is 0 Å². The van der Waals surface area contributed by atoms with Gasteiger partial charge in [-0.3, -0.25) is 4.40 Å². The third kappa shape index (κ3) is 2.06. The van der Waals surface area contributed by atoms with Gasteiger partial charge in [0, 0.05) is 0 Å². The molecule has 0 radical (unpaired) electrons. The van der Waals surface area contributed by atoms with E-state index in [1.165, 1.54) is 23.9 Å². The van der Waals surface area contributed by atoms with E-state index >= 15 is 0 Å². The average molecular weight is 261 g/mol. The number of alkyl halides is 3. The Kier molecular flexibility index (Phi) is 2.94. The van der Waals surface area contributed by atoms with Gasteiger partial charge >= 0.3 is 6.18 Å². The number of pyridine rings is 1. The van der Waals surface area contributed by atoms with Crippen LogP contribution >= 0.6 is 11.8 Å². The topological polar surface area (TPSA) is 43.3 Å². The van der Waals surface area contributed by atoms with E-state index in [2.05, 4.69) is 4.98 Å². The van der Waals surface area contributed by atoms with Crippen LogP contribution in [0, 0.1) is 0 Å². The maximum absolute atomic E-state index is 12.8. The fraction of sp³-hybridized carbons (Fsp3) is 0.300. The molecule has 17 heavy (non-hydrogen) atoms. The highest BCUT2D eigenvalue weighted by molar-refractivity contribution is 7.99. The molecule has 92 valence electrons. The largest absolute Gasteiger partial charge is 0.431 e. The lowest BCUT2D eigenvalue weighted by Gasteiger charge is -2.11. The molecule has 0 saturated heterocycles. The standard InChI is InChI=1S/C10H10F3N3S/c1-2-17-9-8(14)15-7-5-3-4-6(16(7)9)10(11,12)13/h3-5H,2,14H2,1H3. The molecule has 0 aromatic carbocycles. The Labute approximate surface area is 99.8 Å². The molecule has 0 spiro atoms. The number of nitrogen functional groups attached to an aromatic ring is 1. The summed E-state index contributed by atoms with van der Waals surface area (Å²) in [7, 11) is 0. The number of fused-ring (bicyclic) bond motifs is 1. The van der Waals surface area contributed by atoms with E-state index in [-0.39, 0.29) is 11.5 Å². The zero-order valence-corrected chi connectivity index (χ0v) is 9.77. The Morgan fingerprint density at radius 2 is 2.12 bits per heavy atom. The molecule has 2 N–H and O–H groups in total. The highest BCUT2D eigenvalue weighted by Crippen LogP contribution is 2.34. The molecule has 0 fully saturated rings. The molecule has 0 saturated carbocycles. The molecule has 0 amide bonds. The fourth-order valence-corrected chi connectivity index (χ4v) is 2.37.